The van der Waals surface area contributed by atoms with Crippen LogP contribution in [0.15, 0.2) is 30.5 Å². The molecule has 0 bridgehead atoms. The van der Waals surface area contributed by atoms with Crippen LogP contribution in [0.25, 0.3) is 0 Å². The Kier molecular flexibility index (Phi) is 9.31. The topological polar surface area (TPSA) is 137 Å². The number of anilines is 1. The Morgan fingerprint density at radius 2 is 1.77 bits per heavy atom. The Hall–Kier alpha value is -3.89. The SMILES string of the molecule is CC(C)CNC(=O)C1(N2C[C@@H](C(C)C)NC2=O)Cc2ccc(NC(=O)[C@@H](NC(=O)c3ccnn3C)C3CCCCC3)cc2C1. The number of amides is 5. The molecule has 1 aromatic carbocycles. The monoisotopic (exact) mass is 605 g/mol. The highest BCUT2D eigenvalue weighted by atomic mass is 16.2. The number of nitrogens with one attached hydrogen (secondary N) is 4. The van der Waals surface area contributed by atoms with Crippen LogP contribution < -0.4 is 21.3 Å². The van der Waals surface area contributed by atoms with E-state index >= 15 is 0 Å². The number of nitrogens with zero attached hydrogens (tertiary/aromatic N) is 3. The van der Waals surface area contributed by atoms with Crippen molar-refractivity contribution in [3.05, 3.63) is 47.3 Å². The van der Waals surface area contributed by atoms with Gasteiger partial charge in [-0.1, -0.05) is 53.0 Å². The molecule has 3 atom stereocenters. The fourth-order valence-corrected chi connectivity index (χ4v) is 6.87. The van der Waals surface area contributed by atoms with E-state index in [9.17, 15) is 19.2 Å². The Morgan fingerprint density at radius 1 is 1.05 bits per heavy atom. The second kappa shape index (κ2) is 13.0. The van der Waals surface area contributed by atoms with Crippen LogP contribution in [0.4, 0.5) is 10.5 Å². The second-order valence-electron chi connectivity index (χ2n) is 13.6. The smallest absolute Gasteiger partial charge is 0.318 e. The average molecular weight is 606 g/mol. The number of benzene rings is 1. The summed E-state index contributed by atoms with van der Waals surface area (Å²) < 4.78 is 1.50. The molecule has 5 amide bonds. The van der Waals surface area contributed by atoms with E-state index in [1.54, 1.807) is 24.2 Å². The van der Waals surface area contributed by atoms with Crippen molar-refractivity contribution >= 4 is 29.4 Å². The van der Waals surface area contributed by atoms with E-state index in [4.69, 9.17) is 0 Å². The van der Waals surface area contributed by atoms with Crippen molar-refractivity contribution in [2.45, 2.75) is 90.3 Å². The molecule has 2 fully saturated rings. The molecule has 1 aliphatic heterocycles. The minimum Gasteiger partial charge on any atom is -0.354 e. The lowest BCUT2D eigenvalue weighted by Crippen LogP contribution is -2.61. The van der Waals surface area contributed by atoms with Crippen molar-refractivity contribution in [1.29, 1.82) is 0 Å². The Balaban J connectivity index is 1.37. The molecule has 2 aromatic rings. The zero-order chi connectivity index (χ0) is 31.6. The Bertz CT molecular complexity index is 1400. The summed E-state index contributed by atoms with van der Waals surface area (Å²) in [5.41, 5.74) is 1.87. The first-order valence-corrected chi connectivity index (χ1v) is 16.1. The van der Waals surface area contributed by atoms with Gasteiger partial charge in [-0.25, -0.2) is 4.79 Å². The van der Waals surface area contributed by atoms with Crippen LogP contribution >= 0.6 is 0 Å². The summed E-state index contributed by atoms with van der Waals surface area (Å²) in [7, 11) is 1.70. The second-order valence-corrected chi connectivity index (χ2v) is 13.6. The van der Waals surface area contributed by atoms with Crippen LogP contribution in [0.1, 0.15) is 81.4 Å². The minimum atomic E-state index is -1.05. The molecule has 1 unspecified atom stereocenters. The van der Waals surface area contributed by atoms with E-state index in [2.05, 4.69) is 40.2 Å². The Morgan fingerprint density at radius 3 is 2.41 bits per heavy atom. The molecule has 2 aliphatic carbocycles. The van der Waals surface area contributed by atoms with E-state index in [0.29, 0.717) is 37.3 Å². The maximum Gasteiger partial charge on any atom is 0.318 e. The number of aromatic nitrogens is 2. The molecule has 2 heterocycles. The van der Waals surface area contributed by atoms with Crippen LogP contribution in [0, 0.1) is 17.8 Å². The summed E-state index contributed by atoms with van der Waals surface area (Å²) in [6.45, 7) is 9.21. The molecule has 0 radical (unpaired) electrons. The molecule has 1 aromatic heterocycles. The minimum absolute atomic E-state index is 0.0332. The van der Waals surface area contributed by atoms with Crippen LogP contribution in [-0.2, 0) is 29.5 Å². The van der Waals surface area contributed by atoms with E-state index in [-0.39, 0.29) is 47.5 Å². The van der Waals surface area contributed by atoms with Gasteiger partial charge in [-0.3, -0.25) is 19.1 Å². The van der Waals surface area contributed by atoms with E-state index in [0.717, 1.165) is 43.2 Å². The van der Waals surface area contributed by atoms with Crippen molar-refractivity contribution in [1.82, 2.24) is 30.6 Å². The summed E-state index contributed by atoms with van der Waals surface area (Å²) in [5, 5.41) is 16.3. The van der Waals surface area contributed by atoms with Crippen molar-refractivity contribution in [3.8, 4) is 0 Å². The number of carbonyl (C=O) groups is 4. The predicted octanol–water partition coefficient (Wildman–Crippen LogP) is 3.40. The predicted molar refractivity (Wildman–Crippen MR) is 168 cm³/mol. The largest absolute Gasteiger partial charge is 0.354 e. The van der Waals surface area contributed by atoms with Crippen LogP contribution in [-0.4, -0.2) is 69.1 Å². The normalized spacial score (nSPS) is 22.6. The summed E-state index contributed by atoms with van der Waals surface area (Å²) >= 11 is 0. The lowest BCUT2D eigenvalue weighted by molar-refractivity contribution is -0.131. The first kappa shape index (κ1) is 31.5. The molecular weight excluding hydrogens is 558 g/mol. The van der Waals surface area contributed by atoms with Gasteiger partial charge in [0.15, 0.2) is 0 Å². The lowest BCUT2D eigenvalue weighted by atomic mass is 9.83. The fraction of sp³-hybridized carbons (Fsp3) is 0.606. The van der Waals surface area contributed by atoms with Crippen molar-refractivity contribution in [2.75, 3.05) is 18.4 Å². The van der Waals surface area contributed by atoms with E-state index < -0.39 is 11.6 Å². The van der Waals surface area contributed by atoms with Crippen molar-refractivity contribution in [3.63, 3.8) is 0 Å². The summed E-state index contributed by atoms with van der Waals surface area (Å²) in [4.78, 5) is 55.7. The van der Waals surface area contributed by atoms with E-state index in [1.165, 1.54) is 4.68 Å². The zero-order valence-electron chi connectivity index (χ0n) is 26.6. The molecule has 0 spiro atoms. The number of carbonyl (C=O) groups excluding carboxylic acids is 4. The standard InChI is InChI=1S/C33H47N7O4/c1-20(2)18-34-31(43)33(40-19-26(21(3)4)37-32(40)44)16-23-11-12-25(15-24(23)17-33)36-30(42)28(22-9-7-6-8-10-22)38-29(41)27-13-14-35-39(27)5/h11-15,20-22,26,28H,6-10,16-19H2,1-5H3,(H,34,43)(H,36,42)(H,37,44)(H,38,41)/t26-,28-,33?/m0/s1. The third-order valence-corrected chi connectivity index (χ3v) is 9.53. The maximum absolute atomic E-state index is 13.9. The third kappa shape index (κ3) is 6.46. The number of hydrogen-bond donors (Lipinski definition) is 4. The fourth-order valence-electron chi connectivity index (χ4n) is 6.87. The molecule has 11 nitrogen and oxygen atoms in total. The van der Waals surface area contributed by atoms with Crippen LogP contribution in [0.2, 0.25) is 0 Å². The highest BCUT2D eigenvalue weighted by Crippen LogP contribution is 2.38. The van der Waals surface area contributed by atoms with Gasteiger partial charge in [0, 0.05) is 44.9 Å². The first-order valence-electron chi connectivity index (χ1n) is 16.1. The number of fused-ring (bicyclic) bond motifs is 1. The first-order chi connectivity index (χ1) is 21.0. The number of urea groups is 1. The molecule has 3 aliphatic rings. The maximum atomic E-state index is 13.9. The molecule has 4 N–H and O–H groups in total. The van der Waals surface area contributed by atoms with Gasteiger partial charge in [0.25, 0.3) is 5.91 Å². The molecular formula is C33H47N7O4. The van der Waals surface area contributed by atoms with Gasteiger partial charge < -0.3 is 26.2 Å². The molecule has 1 saturated carbocycles. The van der Waals surface area contributed by atoms with Crippen molar-refractivity contribution in [2.24, 2.45) is 24.8 Å². The summed E-state index contributed by atoms with van der Waals surface area (Å²) in [6, 6.07) is 6.41. The van der Waals surface area contributed by atoms with Crippen molar-refractivity contribution < 1.29 is 19.2 Å². The van der Waals surface area contributed by atoms with Gasteiger partial charge in [-0.2, -0.15) is 5.10 Å². The molecule has 1 saturated heterocycles. The van der Waals surface area contributed by atoms with Gasteiger partial charge in [-0.05, 0) is 59.9 Å². The lowest BCUT2D eigenvalue weighted by Gasteiger charge is -2.37. The molecule has 5 rings (SSSR count). The van der Waals surface area contributed by atoms with E-state index in [1.807, 2.05) is 32.0 Å². The van der Waals surface area contributed by atoms with Gasteiger partial charge in [0.05, 0.1) is 6.04 Å². The average Bonchev–Trinajstić information content (AvgIpc) is 3.71. The molecule has 11 heteroatoms. The molecule has 238 valence electrons. The van der Waals surface area contributed by atoms with Crippen LogP contribution in [0.3, 0.4) is 0 Å². The third-order valence-electron chi connectivity index (χ3n) is 9.53. The number of rotatable bonds is 10. The zero-order valence-corrected chi connectivity index (χ0v) is 26.6. The number of hydrogen-bond acceptors (Lipinski definition) is 5. The molecule has 44 heavy (non-hydrogen) atoms. The highest BCUT2D eigenvalue weighted by Gasteiger charge is 2.53. The highest BCUT2D eigenvalue weighted by molar-refractivity contribution is 6.01. The number of aryl methyl sites for hydroxylation is 1. The van der Waals surface area contributed by atoms with Gasteiger partial charge >= 0.3 is 6.03 Å². The van der Waals surface area contributed by atoms with Gasteiger partial charge in [-0.15, -0.1) is 0 Å². The summed E-state index contributed by atoms with van der Waals surface area (Å²) in [5.74, 6) is -0.192. The Labute approximate surface area is 259 Å². The van der Waals surface area contributed by atoms with Gasteiger partial charge in [0.1, 0.15) is 17.3 Å². The van der Waals surface area contributed by atoms with Crippen LogP contribution in [0.5, 0.6) is 0 Å². The summed E-state index contributed by atoms with van der Waals surface area (Å²) in [6.07, 6.45) is 7.25. The van der Waals surface area contributed by atoms with Gasteiger partial charge in [0.2, 0.25) is 11.8 Å². The quantitative estimate of drug-likeness (QED) is 0.329.